The number of para-hydroxylation sites is 1. The Morgan fingerprint density at radius 2 is 1.69 bits per heavy atom. The molecule has 3 aromatic rings. The highest BCUT2D eigenvalue weighted by Gasteiger charge is 2.21. The largest absolute Gasteiger partial charge is 0.497 e. The lowest BCUT2D eigenvalue weighted by Crippen LogP contribution is -2.26. The lowest BCUT2D eigenvalue weighted by molar-refractivity contribution is -0.115. The SMILES string of the molecule is COc1cccc(CC(=O)Nc2cccc(S(=O)(=O)N(C)c3ccccc3)c2)c1. The van der Waals surface area contributed by atoms with Gasteiger partial charge in [-0.25, -0.2) is 8.42 Å². The fraction of sp³-hybridized carbons (Fsp3) is 0.136. The van der Waals surface area contributed by atoms with Crippen molar-refractivity contribution in [3.05, 3.63) is 84.4 Å². The summed E-state index contributed by atoms with van der Waals surface area (Å²) in [7, 11) is -0.687. The molecule has 1 amide bonds. The summed E-state index contributed by atoms with van der Waals surface area (Å²) < 4.78 is 32.2. The number of benzene rings is 3. The van der Waals surface area contributed by atoms with Gasteiger partial charge in [-0.2, -0.15) is 0 Å². The smallest absolute Gasteiger partial charge is 0.264 e. The lowest BCUT2D eigenvalue weighted by Gasteiger charge is -2.20. The Morgan fingerprint density at radius 1 is 0.966 bits per heavy atom. The number of carbonyl (C=O) groups excluding carboxylic acids is 1. The van der Waals surface area contributed by atoms with Crippen LogP contribution in [0.4, 0.5) is 11.4 Å². The second-order valence-corrected chi connectivity index (χ2v) is 8.38. The number of carbonyl (C=O) groups is 1. The number of hydrogen-bond donors (Lipinski definition) is 1. The van der Waals surface area contributed by atoms with Crippen LogP contribution >= 0.6 is 0 Å². The highest BCUT2D eigenvalue weighted by molar-refractivity contribution is 7.92. The van der Waals surface area contributed by atoms with E-state index in [4.69, 9.17) is 4.74 Å². The molecule has 0 saturated carbocycles. The monoisotopic (exact) mass is 410 g/mol. The molecule has 0 aliphatic carbocycles. The third-order valence-corrected chi connectivity index (χ3v) is 6.18. The highest BCUT2D eigenvalue weighted by atomic mass is 32.2. The van der Waals surface area contributed by atoms with Crippen LogP contribution < -0.4 is 14.4 Å². The van der Waals surface area contributed by atoms with E-state index in [1.807, 2.05) is 18.2 Å². The molecule has 0 spiro atoms. The first-order valence-electron chi connectivity index (χ1n) is 8.97. The fourth-order valence-electron chi connectivity index (χ4n) is 2.84. The predicted molar refractivity (Wildman–Crippen MR) is 114 cm³/mol. The van der Waals surface area contributed by atoms with Crippen molar-refractivity contribution >= 4 is 27.3 Å². The van der Waals surface area contributed by atoms with Crippen LogP contribution in [0.5, 0.6) is 5.75 Å². The van der Waals surface area contributed by atoms with Gasteiger partial charge in [0.1, 0.15) is 5.75 Å². The number of ether oxygens (including phenoxy) is 1. The zero-order valence-electron chi connectivity index (χ0n) is 16.2. The van der Waals surface area contributed by atoms with Gasteiger partial charge in [0.2, 0.25) is 5.91 Å². The Labute approximate surface area is 170 Å². The Balaban J connectivity index is 1.76. The minimum absolute atomic E-state index is 0.100. The van der Waals surface area contributed by atoms with Crippen molar-refractivity contribution in [2.45, 2.75) is 11.3 Å². The van der Waals surface area contributed by atoms with E-state index >= 15 is 0 Å². The maximum Gasteiger partial charge on any atom is 0.264 e. The molecule has 0 fully saturated rings. The number of nitrogens with zero attached hydrogens (tertiary/aromatic N) is 1. The van der Waals surface area contributed by atoms with Crippen LogP contribution in [0.15, 0.2) is 83.8 Å². The molecule has 0 atom stereocenters. The summed E-state index contributed by atoms with van der Waals surface area (Å²) in [6, 6.07) is 22.3. The summed E-state index contributed by atoms with van der Waals surface area (Å²) in [5.41, 5.74) is 1.77. The second kappa shape index (κ2) is 8.79. The first-order chi connectivity index (χ1) is 13.9. The molecular weight excluding hydrogens is 388 g/mol. The summed E-state index contributed by atoms with van der Waals surface area (Å²) in [6.07, 6.45) is 0.151. The molecule has 1 N–H and O–H groups in total. The van der Waals surface area contributed by atoms with Gasteiger partial charge in [-0.3, -0.25) is 9.10 Å². The van der Waals surface area contributed by atoms with Gasteiger partial charge < -0.3 is 10.1 Å². The van der Waals surface area contributed by atoms with Gasteiger partial charge >= 0.3 is 0 Å². The summed E-state index contributed by atoms with van der Waals surface area (Å²) in [6.45, 7) is 0. The van der Waals surface area contributed by atoms with Gasteiger partial charge in [0.15, 0.2) is 0 Å². The molecule has 0 aliphatic heterocycles. The van der Waals surface area contributed by atoms with Gasteiger partial charge in [0.05, 0.1) is 24.1 Å². The van der Waals surface area contributed by atoms with Crippen LogP contribution in [0.2, 0.25) is 0 Å². The normalized spacial score (nSPS) is 11.0. The van der Waals surface area contributed by atoms with Crippen LogP contribution in [0, 0.1) is 0 Å². The Bertz CT molecular complexity index is 1100. The van der Waals surface area contributed by atoms with Crippen molar-refractivity contribution in [3.8, 4) is 5.75 Å². The zero-order valence-corrected chi connectivity index (χ0v) is 17.0. The van der Waals surface area contributed by atoms with Crippen LogP contribution in [-0.4, -0.2) is 28.5 Å². The molecular formula is C22H22N2O4S. The van der Waals surface area contributed by atoms with E-state index < -0.39 is 10.0 Å². The molecule has 0 heterocycles. The standard InChI is InChI=1S/C22H22N2O4S/c1-24(19-10-4-3-5-11-19)29(26,27)21-13-7-9-18(16-21)23-22(25)15-17-8-6-12-20(14-17)28-2/h3-14,16H,15H2,1-2H3,(H,23,25). The number of sulfonamides is 1. The predicted octanol–water partition coefficient (Wildman–Crippen LogP) is 3.70. The lowest BCUT2D eigenvalue weighted by atomic mass is 10.1. The van der Waals surface area contributed by atoms with E-state index in [1.54, 1.807) is 55.6 Å². The Hall–Kier alpha value is -3.32. The van der Waals surface area contributed by atoms with Gasteiger partial charge in [-0.15, -0.1) is 0 Å². The van der Waals surface area contributed by atoms with Crippen molar-refractivity contribution in [2.75, 3.05) is 23.8 Å². The summed E-state index contributed by atoms with van der Waals surface area (Å²) in [5, 5.41) is 2.76. The Kier molecular flexibility index (Phi) is 6.19. The molecule has 0 aliphatic rings. The molecule has 3 aromatic carbocycles. The van der Waals surface area contributed by atoms with E-state index in [9.17, 15) is 13.2 Å². The van der Waals surface area contributed by atoms with E-state index in [1.165, 1.54) is 23.5 Å². The zero-order chi connectivity index (χ0) is 20.9. The van der Waals surface area contributed by atoms with E-state index in [0.29, 0.717) is 17.1 Å². The van der Waals surface area contributed by atoms with Gasteiger partial charge in [0, 0.05) is 12.7 Å². The van der Waals surface area contributed by atoms with Crippen molar-refractivity contribution in [3.63, 3.8) is 0 Å². The van der Waals surface area contributed by atoms with Crippen LogP contribution in [0.1, 0.15) is 5.56 Å². The first kappa shape index (κ1) is 20.4. The summed E-state index contributed by atoms with van der Waals surface area (Å²) >= 11 is 0. The third kappa shape index (κ3) is 4.94. The molecule has 0 bridgehead atoms. The molecule has 0 aromatic heterocycles. The second-order valence-electron chi connectivity index (χ2n) is 6.41. The molecule has 3 rings (SSSR count). The van der Waals surface area contributed by atoms with Crippen molar-refractivity contribution < 1.29 is 17.9 Å². The summed E-state index contributed by atoms with van der Waals surface area (Å²) in [5.74, 6) is 0.427. The molecule has 29 heavy (non-hydrogen) atoms. The average molecular weight is 410 g/mol. The van der Waals surface area contributed by atoms with E-state index in [2.05, 4.69) is 5.32 Å². The highest BCUT2D eigenvalue weighted by Crippen LogP contribution is 2.24. The quantitative estimate of drug-likeness (QED) is 0.644. The van der Waals surface area contributed by atoms with E-state index in [-0.39, 0.29) is 17.2 Å². The third-order valence-electron chi connectivity index (χ3n) is 4.39. The van der Waals surface area contributed by atoms with Gasteiger partial charge in [-0.05, 0) is 48.0 Å². The fourth-order valence-corrected chi connectivity index (χ4v) is 4.08. The molecule has 0 saturated heterocycles. The number of anilines is 2. The maximum atomic E-state index is 12.9. The molecule has 6 nitrogen and oxygen atoms in total. The number of nitrogens with one attached hydrogen (secondary N) is 1. The summed E-state index contributed by atoms with van der Waals surface area (Å²) in [4.78, 5) is 12.5. The van der Waals surface area contributed by atoms with Crippen molar-refractivity contribution in [1.82, 2.24) is 0 Å². The number of amides is 1. The minimum Gasteiger partial charge on any atom is -0.497 e. The number of rotatable bonds is 7. The topological polar surface area (TPSA) is 75.7 Å². The molecule has 0 unspecified atom stereocenters. The van der Waals surface area contributed by atoms with Crippen molar-refractivity contribution in [2.24, 2.45) is 0 Å². The minimum atomic E-state index is -3.75. The maximum absolute atomic E-state index is 12.9. The first-order valence-corrected chi connectivity index (χ1v) is 10.4. The van der Waals surface area contributed by atoms with E-state index in [0.717, 1.165) is 5.56 Å². The van der Waals surface area contributed by atoms with Gasteiger partial charge in [-0.1, -0.05) is 36.4 Å². The molecule has 7 heteroatoms. The number of methoxy groups -OCH3 is 1. The Morgan fingerprint density at radius 3 is 2.41 bits per heavy atom. The molecule has 0 radical (unpaired) electrons. The van der Waals surface area contributed by atoms with Gasteiger partial charge in [0.25, 0.3) is 10.0 Å². The number of hydrogen-bond acceptors (Lipinski definition) is 4. The van der Waals surface area contributed by atoms with Crippen LogP contribution in [0.3, 0.4) is 0 Å². The molecule has 150 valence electrons. The van der Waals surface area contributed by atoms with Crippen molar-refractivity contribution in [1.29, 1.82) is 0 Å². The average Bonchev–Trinajstić information content (AvgIpc) is 2.74. The van der Waals surface area contributed by atoms with Crippen LogP contribution in [-0.2, 0) is 21.2 Å². The van der Waals surface area contributed by atoms with Crippen LogP contribution in [0.25, 0.3) is 0 Å².